The van der Waals surface area contributed by atoms with Gasteiger partial charge >= 0.3 is 0 Å². The zero-order chi connectivity index (χ0) is 20.0. The Bertz CT molecular complexity index is 914. The fraction of sp³-hybridized carbons (Fsp3) is 0.263. The predicted octanol–water partition coefficient (Wildman–Crippen LogP) is 2.01. The number of nitrogens with zero attached hydrogens (tertiary/aromatic N) is 1. The Morgan fingerprint density at radius 2 is 1.63 bits per heavy atom. The van der Waals surface area contributed by atoms with Crippen LogP contribution in [-0.2, 0) is 14.8 Å². The van der Waals surface area contributed by atoms with Crippen molar-refractivity contribution in [3.05, 3.63) is 65.7 Å². The monoisotopic (exact) mass is 389 g/mol. The van der Waals surface area contributed by atoms with Gasteiger partial charge in [-0.2, -0.15) is 0 Å². The van der Waals surface area contributed by atoms with E-state index in [1.165, 1.54) is 4.90 Å². The number of likely N-dealkylation sites (N-methyl/N-ethyl adjacent to an activating group) is 1. The summed E-state index contributed by atoms with van der Waals surface area (Å²) in [4.78, 5) is 26.0. The summed E-state index contributed by atoms with van der Waals surface area (Å²) < 4.78 is 25.5. The molecule has 0 saturated carbocycles. The van der Waals surface area contributed by atoms with E-state index in [2.05, 4.69) is 10.0 Å². The molecule has 27 heavy (non-hydrogen) atoms. The third kappa shape index (κ3) is 6.10. The van der Waals surface area contributed by atoms with Gasteiger partial charge in [-0.15, -0.1) is 0 Å². The molecule has 0 aromatic heterocycles. The lowest BCUT2D eigenvalue weighted by Gasteiger charge is -2.21. The Morgan fingerprint density at radius 3 is 2.26 bits per heavy atom. The van der Waals surface area contributed by atoms with Crippen LogP contribution in [0.1, 0.15) is 28.9 Å². The van der Waals surface area contributed by atoms with E-state index >= 15 is 0 Å². The quantitative estimate of drug-likeness (QED) is 0.757. The number of hydrogen-bond donors (Lipinski definition) is 2. The van der Waals surface area contributed by atoms with Gasteiger partial charge in [0.25, 0.3) is 5.91 Å². The van der Waals surface area contributed by atoms with E-state index in [0.717, 1.165) is 6.26 Å². The van der Waals surface area contributed by atoms with Crippen LogP contribution in [0.5, 0.6) is 0 Å². The van der Waals surface area contributed by atoms with Crippen molar-refractivity contribution in [3.63, 3.8) is 0 Å². The third-order valence-electron chi connectivity index (χ3n) is 3.85. The van der Waals surface area contributed by atoms with Gasteiger partial charge in [0, 0.05) is 12.6 Å². The van der Waals surface area contributed by atoms with Gasteiger partial charge in [-0.1, -0.05) is 36.4 Å². The van der Waals surface area contributed by atoms with Crippen molar-refractivity contribution in [1.82, 2.24) is 10.2 Å². The number of benzene rings is 2. The lowest BCUT2D eigenvalue weighted by molar-refractivity contribution is -0.122. The van der Waals surface area contributed by atoms with Crippen molar-refractivity contribution in [1.29, 1.82) is 0 Å². The zero-order valence-corrected chi connectivity index (χ0v) is 16.3. The van der Waals surface area contributed by atoms with Gasteiger partial charge in [-0.25, -0.2) is 8.42 Å². The Morgan fingerprint density at radius 1 is 1.04 bits per heavy atom. The van der Waals surface area contributed by atoms with Crippen molar-refractivity contribution in [3.8, 4) is 0 Å². The molecule has 0 aliphatic carbocycles. The van der Waals surface area contributed by atoms with Crippen LogP contribution in [0.3, 0.4) is 0 Å². The Hall–Kier alpha value is -2.87. The molecule has 2 N–H and O–H groups in total. The number of carbonyl (C=O) groups excluding carboxylic acids is 2. The van der Waals surface area contributed by atoms with Crippen molar-refractivity contribution >= 4 is 27.5 Å². The molecule has 0 bridgehead atoms. The van der Waals surface area contributed by atoms with Crippen LogP contribution in [0.15, 0.2) is 54.6 Å². The lowest BCUT2D eigenvalue weighted by Crippen LogP contribution is -2.39. The molecule has 2 rings (SSSR count). The summed E-state index contributed by atoms with van der Waals surface area (Å²) in [5, 5.41) is 2.79. The average Bonchev–Trinajstić information content (AvgIpc) is 2.60. The molecule has 0 radical (unpaired) electrons. The highest BCUT2D eigenvalue weighted by atomic mass is 32.2. The first-order valence-electron chi connectivity index (χ1n) is 8.34. The van der Waals surface area contributed by atoms with Crippen LogP contribution in [0.2, 0.25) is 0 Å². The maximum atomic E-state index is 12.3. The average molecular weight is 389 g/mol. The second kappa shape index (κ2) is 8.68. The molecule has 0 fully saturated rings. The van der Waals surface area contributed by atoms with Crippen LogP contribution in [-0.4, -0.2) is 45.0 Å². The van der Waals surface area contributed by atoms with Gasteiger partial charge in [0.2, 0.25) is 15.9 Å². The normalized spacial score (nSPS) is 12.1. The first kappa shape index (κ1) is 20.4. The molecule has 2 aromatic carbocycles. The van der Waals surface area contributed by atoms with Gasteiger partial charge in [0.15, 0.2) is 0 Å². The van der Waals surface area contributed by atoms with Crippen molar-refractivity contribution in [2.24, 2.45) is 0 Å². The Labute approximate surface area is 159 Å². The van der Waals surface area contributed by atoms with E-state index in [0.29, 0.717) is 16.8 Å². The molecule has 2 amide bonds. The number of nitrogens with one attached hydrogen (secondary N) is 2. The topological polar surface area (TPSA) is 95.6 Å². The zero-order valence-electron chi connectivity index (χ0n) is 15.5. The molecule has 0 heterocycles. The number of amides is 2. The van der Waals surface area contributed by atoms with E-state index in [4.69, 9.17) is 0 Å². The fourth-order valence-electron chi connectivity index (χ4n) is 2.62. The van der Waals surface area contributed by atoms with Gasteiger partial charge in [0.1, 0.15) is 0 Å². The fourth-order valence-corrected chi connectivity index (χ4v) is 3.21. The number of para-hydroxylation sites is 1. The summed E-state index contributed by atoms with van der Waals surface area (Å²) in [6.45, 7) is 1.64. The minimum atomic E-state index is -3.44. The molecule has 0 aliphatic heterocycles. The highest BCUT2D eigenvalue weighted by Crippen LogP contribution is 2.23. The van der Waals surface area contributed by atoms with Gasteiger partial charge in [-0.3, -0.25) is 14.3 Å². The summed E-state index contributed by atoms with van der Waals surface area (Å²) >= 11 is 0. The summed E-state index contributed by atoms with van der Waals surface area (Å²) in [6.07, 6.45) is 1.07. The highest BCUT2D eigenvalue weighted by Gasteiger charge is 2.18. The molecule has 1 unspecified atom stereocenters. The molecule has 0 spiro atoms. The largest absolute Gasteiger partial charge is 0.348 e. The first-order valence-corrected chi connectivity index (χ1v) is 10.2. The van der Waals surface area contributed by atoms with E-state index < -0.39 is 16.1 Å². The maximum absolute atomic E-state index is 12.3. The highest BCUT2D eigenvalue weighted by molar-refractivity contribution is 7.92. The second-order valence-corrected chi connectivity index (χ2v) is 8.03. The van der Waals surface area contributed by atoms with E-state index in [1.54, 1.807) is 62.5 Å². The van der Waals surface area contributed by atoms with Crippen molar-refractivity contribution in [2.75, 3.05) is 24.6 Å². The third-order valence-corrected chi connectivity index (χ3v) is 4.44. The van der Waals surface area contributed by atoms with E-state index in [9.17, 15) is 18.0 Å². The van der Waals surface area contributed by atoms with Gasteiger partial charge in [-0.05, 0) is 30.7 Å². The Balaban J connectivity index is 2.03. The molecule has 7 nitrogen and oxygen atoms in total. The number of anilines is 1. The lowest BCUT2D eigenvalue weighted by atomic mass is 10.1. The van der Waals surface area contributed by atoms with Crippen molar-refractivity contribution in [2.45, 2.75) is 13.0 Å². The Kier molecular flexibility index (Phi) is 6.57. The van der Waals surface area contributed by atoms with Gasteiger partial charge in [0.05, 0.1) is 24.5 Å². The number of sulfonamides is 1. The molecular weight excluding hydrogens is 366 g/mol. The molecular formula is C19H23N3O4S. The first-order chi connectivity index (χ1) is 12.7. The molecule has 0 aliphatic rings. The summed E-state index contributed by atoms with van der Waals surface area (Å²) in [5.41, 5.74) is 1.54. The van der Waals surface area contributed by atoms with Gasteiger partial charge < -0.3 is 10.2 Å². The van der Waals surface area contributed by atoms with Crippen LogP contribution >= 0.6 is 0 Å². The van der Waals surface area contributed by atoms with Crippen LogP contribution in [0.25, 0.3) is 0 Å². The van der Waals surface area contributed by atoms with Crippen molar-refractivity contribution < 1.29 is 18.0 Å². The second-order valence-electron chi connectivity index (χ2n) is 6.28. The number of rotatable bonds is 7. The van der Waals surface area contributed by atoms with Crippen LogP contribution in [0, 0.1) is 0 Å². The van der Waals surface area contributed by atoms with E-state index in [1.807, 2.05) is 6.07 Å². The molecule has 2 aromatic rings. The standard InChI is InChI=1S/C19H23N3O4S/c1-14(16-11-7-8-12-17(16)21-27(3,25)26)20-18(23)13-22(2)19(24)15-9-5-4-6-10-15/h4-12,14,21H,13H2,1-3H3,(H,20,23). The smallest absolute Gasteiger partial charge is 0.254 e. The van der Waals surface area contributed by atoms with E-state index in [-0.39, 0.29) is 18.4 Å². The predicted molar refractivity (Wildman–Crippen MR) is 105 cm³/mol. The number of hydrogen-bond acceptors (Lipinski definition) is 4. The maximum Gasteiger partial charge on any atom is 0.254 e. The SMILES string of the molecule is CC(NC(=O)CN(C)C(=O)c1ccccc1)c1ccccc1NS(C)(=O)=O. The summed E-state index contributed by atoms with van der Waals surface area (Å²) in [5.74, 6) is -0.596. The molecule has 8 heteroatoms. The molecule has 0 saturated heterocycles. The summed E-state index contributed by atoms with van der Waals surface area (Å²) in [7, 11) is -1.88. The van der Waals surface area contributed by atoms with Crippen LogP contribution in [0.4, 0.5) is 5.69 Å². The van der Waals surface area contributed by atoms with Crippen LogP contribution < -0.4 is 10.0 Å². The summed E-state index contributed by atoms with van der Waals surface area (Å²) in [6, 6.07) is 15.1. The minimum absolute atomic E-state index is 0.111. The number of carbonyl (C=O) groups is 2. The molecule has 144 valence electrons. The minimum Gasteiger partial charge on any atom is -0.348 e. The molecule has 1 atom stereocenters.